The van der Waals surface area contributed by atoms with Gasteiger partial charge in [0.25, 0.3) is 0 Å². The van der Waals surface area contributed by atoms with Gasteiger partial charge < -0.3 is 11.1 Å². The third kappa shape index (κ3) is 5.70. The van der Waals surface area contributed by atoms with Crippen molar-refractivity contribution in [1.29, 1.82) is 0 Å². The molecule has 0 bridgehead atoms. The van der Waals surface area contributed by atoms with E-state index in [9.17, 15) is 9.59 Å². The molecule has 1 unspecified atom stereocenters. The number of hydrogen-bond acceptors (Lipinski definition) is 2. The first-order valence-corrected chi connectivity index (χ1v) is 5.67. The average molecular weight is 234 g/mol. The number of carbonyl (C=O) groups excluding carboxylic acids is 2. The minimum absolute atomic E-state index is 0.0109. The van der Waals surface area contributed by atoms with Crippen molar-refractivity contribution < 1.29 is 9.59 Å². The topological polar surface area (TPSA) is 72.2 Å². The molecule has 0 aliphatic carbocycles. The molecule has 0 saturated carbocycles. The average Bonchev–Trinajstić information content (AvgIpc) is 2.26. The Balaban J connectivity index is 2.28. The number of hydrogen-bond donors (Lipinski definition) is 2. The molecule has 1 rings (SSSR count). The fraction of sp³-hybridized carbons (Fsp3) is 0.385. The van der Waals surface area contributed by atoms with E-state index >= 15 is 0 Å². The van der Waals surface area contributed by atoms with Gasteiger partial charge in [0.2, 0.25) is 11.8 Å². The molecule has 0 spiro atoms. The summed E-state index contributed by atoms with van der Waals surface area (Å²) >= 11 is 0. The molecular formula is C13H18N2O2. The minimum Gasteiger partial charge on any atom is -0.370 e. The quantitative estimate of drug-likeness (QED) is 0.776. The van der Waals surface area contributed by atoms with E-state index in [1.165, 1.54) is 0 Å². The lowest BCUT2D eigenvalue weighted by atomic mass is 10.0. The second-order valence-electron chi connectivity index (χ2n) is 4.24. The maximum atomic E-state index is 11.5. The second kappa shape index (κ2) is 6.68. The van der Waals surface area contributed by atoms with E-state index in [1.807, 2.05) is 37.3 Å². The Morgan fingerprint density at radius 3 is 2.47 bits per heavy atom. The van der Waals surface area contributed by atoms with Crippen LogP contribution in [-0.2, 0) is 16.1 Å². The first-order valence-electron chi connectivity index (χ1n) is 5.67. The summed E-state index contributed by atoms with van der Waals surface area (Å²) in [5, 5.41) is 2.81. The molecular weight excluding hydrogens is 216 g/mol. The lowest BCUT2D eigenvalue weighted by Crippen LogP contribution is -2.26. The highest BCUT2D eigenvalue weighted by Gasteiger charge is 2.11. The highest BCUT2D eigenvalue weighted by Crippen LogP contribution is 2.06. The molecule has 0 heterocycles. The van der Waals surface area contributed by atoms with E-state index in [-0.39, 0.29) is 24.2 Å². The molecule has 0 aliphatic rings. The predicted octanol–water partition coefficient (Wildman–Crippen LogP) is 1.20. The van der Waals surface area contributed by atoms with E-state index in [1.54, 1.807) is 0 Å². The molecule has 1 aromatic carbocycles. The Morgan fingerprint density at radius 2 is 1.88 bits per heavy atom. The lowest BCUT2D eigenvalue weighted by molar-refractivity contribution is -0.122. The Bertz CT molecular complexity index is 376. The molecule has 0 radical (unpaired) electrons. The van der Waals surface area contributed by atoms with E-state index < -0.39 is 0 Å². The van der Waals surface area contributed by atoms with Crippen LogP contribution in [0.1, 0.15) is 25.3 Å². The van der Waals surface area contributed by atoms with Crippen LogP contribution in [0.5, 0.6) is 0 Å². The zero-order valence-corrected chi connectivity index (χ0v) is 9.98. The van der Waals surface area contributed by atoms with Crippen LogP contribution in [0, 0.1) is 5.92 Å². The molecule has 1 atom stereocenters. The first-order chi connectivity index (χ1) is 8.08. The van der Waals surface area contributed by atoms with Gasteiger partial charge >= 0.3 is 0 Å². The summed E-state index contributed by atoms with van der Waals surface area (Å²) in [4.78, 5) is 22.2. The summed E-state index contributed by atoms with van der Waals surface area (Å²) in [5.74, 6) is -0.431. The predicted molar refractivity (Wildman–Crippen MR) is 65.9 cm³/mol. The number of benzene rings is 1. The van der Waals surface area contributed by atoms with Gasteiger partial charge in [0.1, 0.15) is 0 Å². The molecule has 0 saturated heterocycles. The van der Waals surface area contributed by atoms with Gasteiger partial charge in [-0.1, -0.05) is 37.3 Å². The van der Waals surface area contributed by atoms with Gasteiger partial charge in [-0.05, 0) is 11.5 Å². The van der Waals surface area contributed by atoms with Crippen molar-refractivity contribution in [3.05, 3.63) is 35.9 Å². The third-order valence-corrected chi connectivity index (χ3v) is 2.42. The zero-order chi connectivity index (χ0) is 12.7. The van der Waals surface area contributed by atoms with Crippen molar-refractivity contribution in [2.75, 3.05) is 0 Å². The summed E-state index contributed by atoms with van der Waals surface area (Å²) in [5.41, 5.74) is 6.12. The molecule has 0 aromatic heterocycles. The third-order valence-electron chi connectivity index (χ3n) is 2.42. The largest absolute Gasteiger partial charge is 0.370 e. The van der Waals surface area contributed by atoms with Crippen molar-refractivity contribution in [3.63, 3.8) is 0 Å². The summed E-state index contributed by atoms with van der Waals surface area (Å²) in [6.07, 6.45) is 0.578. The second-order valence-corrected chi connectivity index (χ2v) is 4.24. The summed E-state index contributed by atoms with van der Waals surface area (Å²) in [6, 6.07) is 9.69. The van der Waals surface area contributed by atoms with Gasteiger partial charge in [-0.3, -0.25) is 9.59 Å². The van der Waals surface area contributed by atoms with Gasteiger partial charge in [-0.2, -0.15) is 0 Å². The van der Waals surface area contributed by atoms with Crippen LogP contribution >= 0.6 is 0 Å². The molecule has 92 valence electrons. The molecule has 4 nitrogen and oxygen atoms in total. The lowest BCUT2D eigenvalue weighted by Gasteiger charge is -2.09. The number of rotatable bonds is 6. The standard InChI is InChI=1S/C13H18N2O2/c1-10(7-12(14)16)8-13(17)15-9-11-5-3-2-4-6-11/h2-6,10H,7-9H2,1H3,(H2,14,16)(H,15,17). The Labute approximate surface area is 101 Å². The van der Waals surface area contributed by atoms with Crippen molar-refractivity contribution in [3.8, 4) is 0 Å². The van der Waals surface area contributed by atoms with Crippen LogP contribution < -0.4 is 11.1 Å². The molecule has 1 aromatic rings. The van der Waals surface area contributed by atoms with E-state index in [2.05, 4.69) is 5.32 Å². The monoisotopic (exact) mass is 234 g/mol. The smallest absolute Gasteiger partial charge is 0.220 e. The number of amides is 2. The maximum Gasteiger partial charge on any atom is 0.220 e. The molecule has 17 heavy (non-hydrogen) atoms. The Morgan fingerprint density at radius 1 is 1.24 bits per heavy atom. The van der Waals surface area contributed by atoms with Gasteiger partial charge in [0, 0.05) is 19.4 Å². The fourth-order valence-electron chi connectivity index (χ4n) is 1.60. The van der Waals surface area contributed by atoms with Crippen LogP contribution in [-0.4, -0.2) is 11.8 Å². The van der Waals surface area contributed by atoms with Crippen LogP contribution in [0.3, 0.4) is 0 Å². The Kier molecular flexibility index (Phi) is 5.20. The molecule has 4 heteroatoms. The van der Waals surface area contributed by atoms with E-state index in [0.717, 1.165) is 5.56 Å². The van der Waals surface area contributed by atoms with Crippen molar-refractivity contribution >= 4 is 11.8 Å². The minimum atomic E-state index is -0.367. The van der Waals surface area contributed by atoms with Crippen molar-refractivity contribution in [2.45, 2.75) is 26.3 Å². The maximum absolute atomic E-state index is 11.5. The SMILES string of the molecule is CC(CC(N)=O)CC(=O)NCc1ccccc1. The van der Waals surface area contributed by atoms with Crippen LogP contribution in [0.4, 0.5) is 0 Å². The molecule has 0 aliphatic heterocycles. The van der Waals surface area contributed by atoms with Gasteiger partial charge in [-0.25, -0.2) is 0 Å². The normalized spacial score (nSPS) is 11.8. The summed E-state index contributed by atoms with van der Waals surface area (Å²) in [6.45, 7) is 2.36. The zero-order valence-electron chi connectivity index (χ0n) is 9.98. The van der Waals surface area contributed by atoms with Crippen LogP contribution in [0.25, 0.3) is 0 Å². The van der Waals surface area contributed by atoms with E-state index in [4.69, 9.17) is 5.73 Å². The number of carbonyl (C=O) groups is 2. The highest BCUT2D eigenvalue weighted by molar-refractivity contribution is 5.78. The number of primary amides is 1. The summed E-state index contributed by atoms with van der Waals surface area (Å²) in [7, 11) is 0. The highest BCUT2D eigenvalue weighted by atomic mass is 16.2. The fourth-order valence-corrected chi connectivity index (χ4v) is 1.60. The number of nitrogens with one attached hydrogen (secondary N) is 1. The molecule has 3 N–H and O–H groups in total. The first kappa shape index (κ1) is 13.2. The van der Waals surface area contributed by atoms with Gasteiger partial charge in [-0.15, -0.1) is 0 Å². The molecule has 2 amide bonds. The molecule has 0 fully saturated rings. The summed E-state index contributed by atoms with van der Waals surface area (Å²) < 4.78 is 0. The van der Waals surface area contributed by atoms with Crippen molar-refractivity contribution in [2.24, 2.45) is 11.7 Å². The van der Waals surface area contributed by atoms with E-state index in [0.29, 0.717) is 13.0 Å². The Hall–Kier alpha value is -1.84. The van der Waals surface area contributed by atoms with Crippen LogP contribution in [0.2, 0.25) is 0 Å². The number of nitrogens with two attached hydrogens (primary N) is 1. The van der Waals surface area contributed by atoms with Crippen molar-refractivity contribution in [1.82, 2.24) is 5.32 Å². The van der Waals surface area contributed by atoms with Gasteiger partial charge in [0.15, 0.2) is 0 Å². The van der Waals surface area contributed by atoms with Gasteiger partial charge in [0.05, 0.1) is 0 Å². The van der Waals surface area contributed by atoms with Crippen LogP contribution in [0.15, 0.2) is 30.3 Å².